The Morgan fingerprint density at radius 1 is 0.935 bits per heavy atom. The van der Waals surface area contributed by atoms with Crippen LogP contribution in [0.3, 0.4) is 0 Å². The van der Waals surface area contributed by atoms with Crippen molar-refractivity contribution in [1.29, 1.82) is 0 Å². The molecule has 0 bridgehead atoms. The molecular formula is C22H28F3N3O3. The van der Waals surface area contributed by atoms with Gasteiger partial charge in [-0.1, -0.05) is 36.4 Å². The van der Waals surface area contributed by atoms with Crippen LogP contribution in [0.2, 0.25) is 0 Å². The minimum atomic E-state index is -4.31. The van der Waals surface area contributed by atoms with Crippen LogP contribution in [-0.2, 0) is 29.2 Å². The Morgan fingerprint density at radius 2 is 1.61 bits per heavy atom. The molecule has 0 radical (unpaired) electrons. The molecule has 0 aliphatic rings. The predicted octanol–water partition coefficient (Wildman–Crippen LogP) is 3.66. The first-order chi connectivity index (χ1) is 14.9. The monoisotopic (exact) mass is 439 g/mol. The summed E-state index contributed by atoms with van der Waals surface area (Å²) in [5.41, 5.74) is 2.69. The molecule has 0 saturated heterocycles. The highest BCUT2D eigenvalue weighted by Crippen LogP contribution is 2.16. The zero-order valence-electron chi connectivity index (χ0n) is 17.7. The molecule has 0 aromatic heterocycles. The summed E-state index contributed by atoms with van der Waals surface area (Å²) in [6, 6.07) is 14.9. The van der Waals surface area contributed by atoms with Gasteiger partial charge in [0.15, 0.2) is 5.96 Å². The number of rotatable bonds is 11. The van der Waals surface area contributed by atoms with E-state index in [4.69, 9.17) is 9.47 Å². The molecule has 2 N–H and O–H groups in total. The quantitative estimate of drug-likeness (QED) is 0.318. The van der Waals surface area contributed by atoms with E-state index < -0.39 is 12.8 Å². The fourth-order valence-corrected chi connectivity index (χ4v) is 2.62. The van der Waals surface area contributed by atoms with Crippen LogP contribution in [0.5, 0.6) is 5.75 Å². The van der Waals surface area contributed by atoms with Crippen molar-refractivity contribution in [2.45, 2.75) is 25.9 Å². The van der Waals surface area contributed by atoms with E-state index in [1.165, 1.54) is 0 Å². The smallest absolute Gasteiger partial charge is 0.411 e. The van der Waals surface area contributed by atoms with Gasteiger partial charge < -0.3 is 24.8 Å². The lowest BCUT2D eigenvalue weighted by molar-refractivity contribution is -0.176. The van der Waals surface area contributed by atoms with Crippen LogP contribution in [0.25, 0.3) is 0 Å². The molecule has 9 heteroatoms. The topological polar surface area (TPSA) is 64.1 Å². The van der Waals surface area contributed by atoms with Gasteiger partial charge in [0.2, 0.25) is 0 Å². The summed E-state index contributed by atoms with van der Waals surface area (Å²) in [6.45, 7) is 0.774. The summed E-state index contributed by atoms with van der Waals surface area (Å²) in [5, 5.41) is 6.44. The van der Waals surface area contributed by atoms with Gasteiger partial charge in [0.25, 0.3) is 0 Å². The lowest BCUT2D eigenvalue weighted by Gasteiger charge is -2.13. The number of halogens is 3. The van der Waals surface area contributed by atoms with Crippen molar-refractivity contribution in [2.75, 3.05) is 34.0 Å². The SMILES string of the molecule is CN=C(NCc1ccc(COCC(F)(F)F)cc1)NCc1cccc(OCCOC)c1. The normalized spacial score (nSPS) is 12.0. The molecule has 6 nitrogen and oxygen atoms in total. The average molecular weight is 439 g/mol. The zero-order valence-corrected chi connectivity index (χ0v) is 17.7. The maximum Gasteiger partial charge on any atom is 0.411 e. The third-order valence-corrected chi connectivity index (χ3v) is 4.16. The molecule has 0 amide bonds. The fraction of sp³-hybridized carbons (Fsp3) is 0.409. The molecule has 0 aliphatic carbocycles. The van der Waals surface area contributed by atoms with E-state index in [1.54, 1.807) is 26.3 Å². The first-order valence-corrected chi connectivity index (χ1v) is 9.77. The molecule has 2 rings (SSSR count). The van der Waals surface area contributed by atoms with Gasteiger partial charge in [-0.05, 0) is 28.8 Å². The lowest BCUT2D eigenvalue weighted by Crippen LogP contribution is -2.36. The molecule has 170 valence electrons. The molecule has 2 aromatic carbocycles. The molecular weight excluding hydrogens is 411 g/mol. The van der Waals surface area contributed by atoms with Gasteiger partial charge in [-0.2, -0.15) is 13.2 Å². The molecule has 0 aliphatic heterocycles. The van der Waals surface area contributed by atoms with E-state index in [2.05, 4.69) is 20.4 Å². The van der Waals surface area contributed by atoms with Crippen molar-refractivity contribution < 1.29 is 27.4 Å². The second kappa shape index (κ2) is 12.8. The van der Waals surface area contributed by atoms with Crippen molar-refractivity contribution in [3.8, 4) is 5.75 Å². The Morgan fingerprint density at radius 3 is 2.26 bits per heavy atom. The second-order valence-corrected chi connectivity index (χ2v) is 6.69. The minimum absolute atomic E-state index is 0.0787. The zero-order chi connectivity index (χ0) is 22.5. The average Bonchev–Trinajstić information content (AvgIpc) is 2.74. The van der Waals surface area contributed by atoms with Crippen molar-refractivity contribution in [2.24, 2.45) is 4.99 Å². The Balaban J connectivity index is 1.76. The highest BCUT2D eigenvalue weighted by atomic mass is 19.4. The van der Waals surface area contributed by atoms with E-state index in [-0.39, 0.29) is 6.61 Å². The standard InChI is InChI=1S/C22H28F3N3O3/c1-26-21(28-14-19-4-3-5-20(12-19)31-11-10-29-2)27-13-17-6-8-18(9-7-17)15-30-16-22(23,24)25/h3-9,12H,10-11,13-16H2,1-2H3,(H2,26,27,28). The number of methoxy groups -OCH3 is 1. The third kappa shape index (κ3) is 10.2. The predicted molar refractivity (Wildman–Crippen MR) is 113 cm³/mol. The summed E-state index contributed by atoms with van der Waals surface area (Å²) >= 11 is 0. The number of alkyl halides is 3. The van der Waals surface area contributed by atoms with E-state index >= 15 is 0 Å². The Labute approximate surface area is 180 Å². The third-order valence-electron chi connectivity index (χ3n) is 4.16. The Bertz CT molecular complexity index is 812. The van der Waals surface area contributed by atoms with E-state index in [0.29, 0.717) is 37.8 Å². The summed E-state index contributed by atoms with van der Waals surface area (Å²) in [4.78, 5) is 4.20. The summed E-state index contributed by atoms with van der Waals surface area (Å²) < 4.78 is 51.6. The molecule has 0 fully saturated rings. The number of nitrogens with one attached hydrogen (secondary N) is 2. The van der Waals surface area contributed by atoms with Crippen molar-refractivity contribution in [3.63, 3.8) is 0 Å². The van der Waals surface area contributed by atoms with Crippen LogP contribution in [0, 0.1) is 0 Å². The first kappa shape index (κ1) is 24.5. The van der Waals surface area contributed by atoms with Gasteiger partial charge in [-0.25, -0.2) is 0 Å². The lowest BCUT2D eigenvalue weighted by atomic mass is 10.1. The number of guanidine groups is 1. The van der Waals surface area contributed by atoms with Crippen molar-refractivity contribution in [3.05, 3.63) is 65.2 Å². The van der Waals surface area contributed by atoms with Crippen LogP contribution in [0.4, 0.5) is 13.2 Å². The maximum absolute atomic E-state index is 12.1. The Kier molecular flexibility index (Phi) is 10.1. The molecule has 2 aromatic rings. The molecule has 0 unspecified atom stereocenters. The van der Waals surface area contributed by atoms with Gasteiger partial charge in [-0.3, -0.25) is 4.99 Å². The number of benzene rings is 2. The van der Waals surface area contributed by atoms with E-state index in [1.807, 2.05) is 36.4 Å². The van der Waals surface area contributed by atoms with Crippen LogP contribution < -0.4 is 15.4 Å². The van der Waals surface area contributed by atoms with Crippen LogP contribution >= 0.6 is 0 Å². The van der Waals surface area contributed by atoms with E-state index in [0.717, 1.165) is 16.9 Å². The highest BCUT2D eigenvalue weighted by molar-refractivity contribution is 5.79. The van der Waals surface area contributed by atoms with Gasteiger partial charge >= 0.3 is 6.18 Å². The maximum atomic E-state index is 12.1. The van der Waals surface area contributed by atoms with Crippen LogP contribution in [0.15, 0.2) is 53.5 Å². The molecule has 0 atom stereocenters. The van der Waals surface area contributed by atoms with Gasteiger partial charge in [0, 0.05) is 27.2 Å². The summed E-state index contributed by atoms with van der Waals surface area (Å²) in [5.74, 6) is 1.40. The van der Waals surface area contributed by atoms with Crippen molar-refractivity contribution >= 4 is 5.96 Å². The fourth-order valence-electron chi connectivity index (χ4n) is 2.62. The number of hydrogen-bond acceptors (Lipinski definition) is 4. The van der Waals surface area contributed by atoms with Crippen LogP contribution in [-0.4, -0.2) is 46.1 Å². The summed E-state index contributed by atoms with van der Waals surface area (Å²) in [7, 11) is 3.31. The second-order valence-electron chi connectivity index (χ2n) is 6.69. The minimum Gasteiger partial charge on any atom is -0.491 e. The number of aliphatic imine (C=N–C) groups is 1. The van der Waals surface area contributed by atoms with Gasteiger partial charge in [0.05, 0.1) is 13.2 Å². The van der Waals surface area contributed by atoms with Gasteiger partial charge in [0.1, 0.15) is 19.0 Å². The first-order valence-electron chi connectivity index (χ1n) is 9.77. The summed E-state index contributed by atoms with van der Waals surface area (Å²) in [6.07, 6.45) is -4.31. The molecule has 31 heavy (non-hydrogen) atoms. The number of nitrogens with zero attached hydrogens (tertiary/aromatic N) is 1. The largest absolute Gasteiger partial charge is 0.491 e. The number of hydrogen-bond donors (Lipinski definition) is 2. The van der Waals surface area contributed by atoms with E-state index in [9.17, 15) is 13.2 Å². The number of ether oxygens (including phenoxy) is 3. The molecule has 0 spiro atoms. The highest BCUT2D eigenvalue weighted by Gasteiger charge is 2.27. The van der Waals surface area contributed by atoms with Crippen molar-refractivity contribution in [1.82, 2.24) is 10.6 Å². The molecule has 0 saturated carbocycles. The Hall–Kier alpha value is -2.78. The molecule has 0 heterocycles. The van der Waals surface area contributed by atoms with Gasteiger partial charge in [-0.15, -0.1) is 0 Å². The van der Waals surface area contributed by atoms with Crippen LogP contribution in [0.1, 0.15) is 16.7 Å².